The summed E-state index contributed by atoms with van der Waals surface area (Å²) in [5.74, 6) is -4.93. The predicted molar refractivity (Wildman–Crippen MR) is 60.8 cm³/mol. The third-order valence-corrected chi connectivity index (χ3v) is 0.667. The molecule has 0 fully saturated rings. The minimum atomic E-state index is -1.23. The van der Waals surface area contributed by atoms with Crippen LogP contribution in [0, 0.1) is 39.9 Å². The summed E-state index contributed by atoms with van der Waals surface area (Å²) in [7, 11) is 0. The smallest absolute Gasteiger partial charge is 0.545 e. The Kier molecular flexibility index (Phi) is 40.0. The average molecular weight is 516 g/mol. The summed E-state index contributed by atoms with van der Waals surface area (Å²) in [5, 5.41) is 36.6. The van der Waals surface area contributed by atoms with Crippen molar-refractivity contribution in [1.82, 2.24) is 0 Å². The Bertz CT molecular complexity index is 301. The topological polar surface area (TPSA) is 161 Å². The zero-order chi connectivity index (χ0) is 17.1. The molecule has 0 aliphatic rings. The van der Waals surface area contributed by atoms with Gasteiger partial charge in [0, 0.05) is 0 Å². The van der Waals surface area contributed by atoms with Crippen molar-refractivity contribution in [3.05, 3.63) is 50.6 Å². The van der Waals surface area contributed by atoms with Crippen LogP contribution in [0.15, 0.2) is 50.6 Å². The number of aliphatic carboxylic acids is 4. The molecule has 0 N–H and O–H groups in total. The molecule has 0 spiro atoms. The standard InChI is InChI=1S/4C3H4O2.Th/c4*1-2-3(4)5;/h4*2H,1H2,(H,4,5);/q;;;;+4/p-4. The van der Waals surface area contributed by atoms with E-state index < -0.39 is 23.9 Å². The normalized spacial score (nSPS) is 6.10. The van der Waals surface area contributed by atoms with Gasteiger partial charge < -0.3 is 39.6 Å². The first-order valence-corrected chi connectivity index (χ1v) is 4.42. The summed E-state index contributed by atoms with van der Waals surface area (Å²) >= 11 is 0. The molecule has 0 bridgehead atoms. The van der Waals surface area contributed by atoms with Crippen LogP contribution in [0.2, 0.25) is 0 Å². The Hall–Kier alpha value is -1.84. The number of carbonyl (C=O) groups excluding carboxylic acids is 4. The number of hydrogen-bond donors (Lipinski definition) is 0. The minimum Gasteiger partial charge on any atom is -0.545 e. The van der Waals surface area contributed by atoms with E-state index in [0.717, 1.165) is 24.3 Å². The van der Waals surface area contributed by atoms with Crippen molar-refractivity contribution in [1.29, 1.82) is 0 Å². The molecule has 0 saturated carbocycles. The van der Waals surface area contributed by atoms with Crippen LogP contribution in [-0.2, 0) is 19.2 Å². The van der Waals surface area contributed by atoms with Gasteiger partial charge in [0.25, 0.3) is 0 Å². The average Bonchev–Trinajstić information content (AvgIpc) is 2.40. The van der Waals surface area contributed by atoms with Crippen LogP contribution in [0.3, 0.4) is 0 Å². The molecule has 112 valence electrons. The second-order valence-electron chi connectivity index (χ2n) is 2.09. The van der Waals surface area contributed by atoms with Crippen molar-refractivity contribution >= 4 is 23.9 Å². The van der Waals surface area contributed by atoms with Gasteiger partial charge in [-0.3, -0.25) is 0 Å². The molecule has 0 amide bonds. The molecule has 0 rings (SSSR count). The quantitative estimate of drug-likeness (QED) is 0.339. The van der Waals surface area contributed by atoms with Crippen molar-refractivity contribution in [3.8, 4) is 0 Å². The van der Waals surface area contributed by atoms with E-state index in [-0.39, 0.29) is 39.9 Å². The van der Waals surface area contributed by atoms with E-state index in [9.17, 15) is 0 Å². The molecule has 0 atom stereocenters. The van der Waals surface area contributed by atoms with E-state index >= 15 is 0 Å². The summed E-state index contributed by atoms with van der Waals surface area (Å²) in [4.78, 5) is 36.6. The second-order valence-corrected chi connectivity index (χ2v) is 2.09. The van der Waals surface area contributed by atoms with E-state index in [1.165, 1.54) is 0 Å². The van der Waals surface area contributed by atoms with Crippen molar-refractivity contribution < 1.29 is 79.5 Å². The zero-order valence-electron chi connectivity index (χ0n) is 10.9. The molecule has 0 aliphatic carbocycles. The minimum absolute atomic E-state index is 0. The van der Waals surface area contributed by atoms with Crippen molar-refractivity contribution in [2.75, 3.05) is 0 Å². The maximum absolute atomic E-state index is 9.14. The summed E-state index contributed by atoms with van der Waals surface area (Å²) in [5.41, 5.74) is 0. The summed E-state index contributed by atoms with van der Waals surface area (Å²) in [6.45, 7) is 11.6. The molecular formula is C12H12O8Th. The number of rotatable bonds is 4. The molecule has 9 heteroatoms. The molecule has 0 saturated heterocycles. The van der Waals surface area contributed by atoms with Crippen molar-refractivity contribution in [3.63, 3.8) is 0 Å². The second kappa shape index (κ2) is 26.7. The Labute approximate surface area is 153 Å². The predicted octanol–water partition coefficient (Wildman–Crippen LogP) is -4.31. The monoisotopic (exact) mass is 516 g/mol. The van der Waals surface area contributed by atoms with Gasteiger partial charge in [-0.25, -0.2) is 0 Å². The van der Waals surface area contributed by atoms with Gasteiger partial charge in [-0.1, -0.05) is 26.3 Å². The van der Waals surface area contributed by atoms with Crippen LogP contribution in [0.5, 0.6) is 0 Å². The summed E-state index contributed by atoms with van der Waals surface area (Å²) < 4.78 is 0. The Morgan fingerprint density at radius 1 is 0.524 bits per heavy atom. The molecule has 0 aromatic carbocycles. The molecule has 0 aliphatic heterocycles. The first-order valence-electron chi connectivity index (χ1n) is 4.42. The first-order chi connectivity index (χ1) is 9.08. The fourth-order valence-corrected chi connectivity index (χ4v) is 0. The molecule has 0 aromatic rings. The fourth-order valence-electron chi connectivity index (χ4n) is 0. The van der Waals surface area contributed by atoms with Gasteiger partial charge in [0.2, 0.25) is 0 Å². The van der Waals surface area contributed by atoms with Crippen molar-refractivity contribution in [2.45, 2.75) is 0 Å². The van der Waals surface area contributed by atoms with Crippen LogP contribution >= 0.6 is 0 Å². The van der Waals surface area contributed by atoms with E-state index in [2.05, 4.69) is 26.3 Å². The molecule has 0 aromatic heterocycles. The maximum Gasteiger partial charge on any atom is 4.00 e. The molecule has 8 nitrogen and oxygen atoms in total. The zero-order valence-corrected chi connectivity index (χ0v) is 15.0. The molecular weight excluding hydrogens is 504 g/mol. The van der Waals surface area contributed by atoms with E-state index in [1.54, 1.807) is 0 Å². The van der Waals surface area contributed by atoms with Crippen LogP contribution in [-0.4, -0.2) is 23.9 Å². The van der Waals surface area contributed by atoms with Gasteiger partial charge in [-0.2, -0.15) is 0 Å². The van der Waals surface area contributed by atoms with E-state index in [1.807, 2.05) is 0 Å². The number of carbonyl (C=O) groups is 4. The van der Waals surface area contributed by atoms with Gasteiger partial charge in [0.15, 0.2) is 0 Å². The number of carboxylic acids is 4. The van der Waals surface area contributed by atoms with Crippen LogP contribution in [0.25, 0.3) is 0 Å². The Morgan fingerprint density at radius 2 is 0.571 bits per heavy atom. The van der Waals surface area contributed by atoms with Gasteiger partial charge in [-0.05, 0) is 24.3 Å². The van der Waals surface area contributed by atoms with Crippen LogP contribution < -0.4 is 20.4 Å². The van der Waals surface area contributed by atoms with Crippen LogP contribution in [0.1, 0.15) is 0 Å². The Morgan fingerprint density at radius 3 is 0.571 bits per heavy atom. The van der Waals surface area contributed by atoms with Gasteiger partial charge in [0.1, 0.15) is 0 Å². The number of carboxylic acid groups (broad SMARTS) is 4. The Balaban J connectivity index is -0.0000000533. The molecule has 0 unspecified atom stereocenters. The largest absolute Gasteiger partial charge is 4.00 e. The summed E-state index contributed by atoms with van der Waals surface area (Å²) in [6.07, 6.45) is 2.89. The summed E-state index contributed by atoms with van der Waals surface area (Å²) in [6, 6.07) is 0. The van der Waals surface area contributed by atoms with Gasteiger partial charge in [0.05, 0.1) is 23.9 Å². The third-order valence-electron chi connectivity index (χ3n) is 0.667. The fraction of sp³-hybridized carbons (Fsp3) is 0. The van der Waals surface area contributed by atoms with E-state index in [4.69, 9.17) is 39.6 Å². The maximum atomic E-state index is 9.14. The number of hydrogen-bond acceptors (Lipinski definition) is 8. The molecule has 0 heterocycles. The molecule has 0 radical (unpaired) electrons. The first kappa shape index (κ1) is 31.5. The van der Waals surface area contributed by atoms with Crippen LogP contribution in [0.4, 0.5) is 0 Å². The third kappa shape index (κ3) is 125. The molecule has 21 heavy (non-hydrogen) atoms. The van der Waals surface area contributed by atoms with E-state index in [0.29, 0.717) is 0 Å². The van der Waals surface area contributed by atoms with Crippen molar-refractivity contribution in [2.24, 2.45) is 0 Å². The van der Waals surface area contributed by atoms with Gasteiger partial charge in [-0.15, -0.1) is 0 Å². The SMILES string of the molecule is C=CC(=O)[O-].C=CC(=O)[O-].C=CC(=O)[O-].C=CC(=O)[O-].[Th+4]. The van der Waals surface area contributed by atoms with Gasteiger partial charge >= 0.3 is 39.9 Å².